The van der Waals surface area contributed by atoms with Gasteiger partial charge in [-0.25, -0.2) is 8.42 Å². The minimum absolute atomic E-state index is 0.142. The van der Waals surface area contributed by atoms with E-state index in [1.807, 2.05) is 13.0 Å². The first-order valence-corrected chi connectivity index (χ1v) is 8.01. The summed E-state index contributed by atoms with van der Waals surface area (Å²) in [7, 11) is -3.63. The Hall–Kier alpha value is -2.04. The lowest BCUT2D eigenvalue weighted by Gasteiger charge is -2.11. The van der Waals surface area contributed by atoms with Gasteiger partial charge in [0.15, 0.2) is 6.61 Å². The highest BCUT2D eigenvalue weighted by molar-refractivity contribution is 7.94. The van der Waals surface area contributed by atoms with E-state index >= 15 is 0 Å². The molecule has 0 fully saturated rings. The summed E-state index contributed by atoms with van der Waals surface area (Å²) in [5.41, 5.74) is 0.314. The van der Waals surface area contributed by atoms with Gasteiger partial charge in [-0.1, -0.05) is 12.1 Å². The Bertz CT molecular complexity index is 745. The van der Waals surface area contributed by atoms with Crippen LogP contribution in [-0.2, 0) is 10.0 Å². The number of rotatable bonds is 5. The molecule has 1 heterocycles. The maximum Gasteiger partial charge on any atom is 0.271 e. The standard InChI is InChI=1S/C13H12N2O3S2/c1-10-6-7-13(19-10)20(16,17)15-11-4-2-3-5-12(11)18-9-8-14/h2-7,15H,9H2,1H3. The van der Waals surface area contributed by atoms with Crippen LogP contribution in [0.3, 0.4) is 0 Å². The summed E-state index contributed by atoms with van der Waals surface area (Å²) in [5, 5.41) is 8.52. The fraction of sp³-hybridized carbons (Fsp3) is 0.154. The van der Waals surface area contributed by atoms with Crippen LogP contribution in [-0.4, -0.2) is 15.0 Å². The zero-order valence-corrected chi connectivity index (χ0v) is 12.3. The van der Waals surface area contributed by atoms with E-state index in [0.29, 0.717) is 11.4 Å². The average molecular weight is 308 g/mol. The molecule has 1 aromatic carbocycles. The van der Waals surface area contributed by atoms with Gasteiger partial charge in [0, 0.05) is 4.88 Å². The van der Waals surface area contributed by atoms with E-state index in [-0.39, 0.29) is 10.8 Å². The average Bonchev–Trinajstić information content (AvgIpc) is 2.85. The smallest absolute Gasteiger partial charge is 0.271 e. The van der Waals surface area contributed by atoms with Crippen molar-refractivity contribution in [2.24, 2.45) is 0 Å². The molecule has 0 atom stereocenters. The second kappa shape index (κ2) is 5.94. The van der Waals surface area contributed by atoms with Crippen molar-refractivity contribution in [2.45, 2.75) is 11.1 Å². The number of thiophene rings is 1. The number of aryl methyl sites for hydroxylation is 1. The van der Waals surface area contributed by atoms with Gasteiger partial charge in [0.1, 0.15) is 16.0 Å². The van der Waals surface area contributed by atoms with Gasteiger partial charge < -0.3 is 4.74 Å². The minimum atomic E-state index is -3.63. The summed E-state index contributed by atoms with van der Waals surface area (Å²) >= 11 is 1.19. The highest BCUT2D eigenvalue weighted by Crippen LogP contribution is 2.28. The van der Waals surface area contributed by atoms with Gasteiger partial charge in [-0.2, -0.15) is 5.26 Å². The highest BCUT2D eigenvalue weighted by Gasteiger charge is 2.18. The van der Waals surface area contributed by atoms with Crippen LogP contribution in [0.2, 0.25) is 0 Å². The van der Waals surface area contributed by atoms with Crippen LogP contribution in [0.1, 0.15) is 4.88 Å². The second-order valence-corrected chi connectivity index (χ2v) is 7.11. The fourth-order valence-electron chi connectivity index (χ4n) is 1.54. The van der Waals surface area contributed by atoms with E-state index in [9.17, 15) is 8.42 Å². The third-order valence-corrected chi connectivity index (χ3v) is 5.26. The van der Waals surface area contributed by atoms with Crippen LogP contribution in [0.4, 0.5) is 5.69 Å². The first-order chi connectivity index (χ1) is 9.53. The number of hydrogen-bond acceptors (Lipinski definition) is 5. The van der Waals surface area contributed by atoms with E-state index in [1.165, 1.54) is 11.3 Å². The molecule has 1 N–H and O–H groups in total. The quantitative estimate of drug-likeness (QED) is 0.921. The van der Waals surface area contributed by atoms with Crippen molar-refractivity contribution in [3.8, 4) is 11.8 Å². The lowest BCUT2D eigenvalue weighted by Crippen LogP contribution is -2.12. The number of nitrogens with one attached hydrogen (secondary N) is 1. The number of ether oxygens (including phenoxy) is 1. The molecule has 0 radical (unpaired) electrons. The number of nitrogens with zero attached hydrogens (tertiary/aromatic N) is 1. The summed E-state index contributed by atoms with van der Waals surface area (Å²) < 4.78 is 32.3. The Kier molecular flexibility index (Phi) is 4.27. The van der Waals surface area contributed by atoms with Gasteiger partial charge in [0.25, 0.3) is 10.0 Å². The minimum Gasteiger partial charge on any atom is -0.477 e. The van der Waals surface area contributed by atoms with Gasteiger partial charge in [-0.05, 0) is 31.2 Å². The second-order valence-electron chi connectivity index (χ2n) is 3.91. The molecule has 0 amide bonds. The first-order valence-electron chi connectivity index (χ1n) is 5.71. The van der Waals surface area contributed by atoms with Gasteiger partial charge in [-0.15, -0.1) is 11.3 Å². The van der Waals surface area contributed by atoms with Crippen molar-refractivity contribution < 1.29 is 13.2 Å². The molecule has 20 heavy (non-hydrogen) atoms. The number of para-hydroxylation sites is 2. The molecule has 5 nitrogen and oxygen atoms in total. The number of hydrogen-bond donors (Lipinski definition) is 1. The van der Waals surface area contributed by atoms with Crippen LogP contribution < -0.4 is 9.46 Å². The largest absolute Gasteiger partial charge is 0.477 e. The molecular formula is C13H12N2O3S2. The number of sulfonamides is 1. The Morgan fingerprint density at radius 1 is 1.30 bits per heavy atom. The van der Waals surface area contributed by atoms with E-state index in [4.69, 9.17) is 10.00 Å². The molecule has 0 aliphatic rings. The topological polar surface area (TPSA) is 79.2 Å². The van der Waals surface area contributed by atoms with E-state index in [1.54, 1.807) is 36.4 Å². The predicted molar refractivity (Wildman–Crippen MR) is 77.4 cm³/mol. The molecule has 0 aliphatic heterocycles. The summed E-state index contributed by atoms with van der Waals surface area (Å²) in [4.78, 5) is 0.916. The lowest BCUT2D eigenvalue weighted by molar-refractivity contribution is 0.370. The fourth-order valence-corrected chi connectivity index (χ4v) is 3.89. The van der Waals surface area contributed by atoms with Crippen molar-refractivity contribution >= 4 is 27.0 Å². The molecule has 7 heteroatoms. The Morgan fingerprint density at radius 2 is 2.05 bits per heavy atom. The molecule has 0 bridgehead atoms. The van der Waals surface area contributed by atoms with Crippen molar-refractivity contribution in [3.63, 3.8) is 0 Å². The van der Waals surface area contributed by atoms with E-state index in [2.05, 4.69) is 4.72 Å². The SMILES string of the molecule is Cc1ccc(S(=O)(=O)Nc2ccccc2OCC#N)s1. The van der Waals surface area contributed by atoms with E-state index < -0.39 is 10.0 Å². The summed E-state index contributed by atoms with van der Waals surface area (Å²) in [6.45, 7) is 1.70. The van der Waals surface area contributed by atoms with Gasteiger partial charge >= 0.3 is 0 Å². The van der Waals surface area contributed by atoms with Crippen LogP contribution >= 0.6 is 11.3 Å². The molecular weight excluding hydrogens is 296 g/mol. The van der Waals surface area contributed by atoms with Crippen LogP contribution in [0.25, 0.3) is 0 Å². The summed E-state index contributed by atoms with van der Waals surface area (Å²) in [6.07, 6.45) is 0. The Morgan fingerprint density at radius 3 is 2.70 bits per heavy atom. The molecule has 0 unspecified atom stereocenters. The third kappa shape index (κ3) is 3.29. The van der Waals surface area contributed by atoms with Crippen molar-refractivity contribution in [1.29, 1.82) is 5.26 Å². The summed E-state index contributed by atoms with van der Waals surface area (Å²) in [6, 6.07) is 11.7. The molecule has 0 spiro atoms. The zero-order chi connectivity index (χ0) is 14.6. The molecule has 0 aliphatic carbocycles. The maximum atomic E-state index is 12.2. The van der Waals surface area contributed by atoms with Crippen LogP contribution in [0.5, 0.6) is 5.75 Å². The number of nitriles is 1. The van der Waals surface area contributed by atoms with Gasteiger partial charge in [0.05, 0.1) is 5.69 Å². The summed E-state index contributed by atoms with van der Waals surface area (Å²) in [5.74, 6) is 0.325. The predicted octanol–water partition coefficient (Wildman–Crippen LogP) is 2.76. The Balaban J connectivity index is 2.28. The van der Waals surface area contributed by atoms with Crippen LogP contribution in [0.15, 0.2) is 40.6 Å². The maximum absolute atomic E-state index is 12.2. The molecule has 1 aromatic heterocycles. The van der Waals surface area contributed by atoms with Crippen LogP contribution in [0, 0.1) is 18.3 Å². The number of benzene rings is 1. The molecule has 0 saturated carbocycles. The molecule has 104 valence electrons. The van der Waals surface area contributed by atoms with E-state index in [0.717, 1.165) is 4.88 Å². The molecule has 2 rings (SSSR count). The zero-order valence-electron chi connectivity index (χ0n) is 10.7. The van der Waals surface area contributed by atoms with Crippen molar-refractivity contribution in [3.05, 3.63) is 41.3 Å². The highest BCUT2D eigenvalue weighted by atomic mass is 32.2. The normalized spacial score (nSPS) is 10.8. The van der Waals surface area contributed by atoms with Crippen molar-refractivity contribution in [1.82, 2.24) is 0 Å². The molecule has 0 saturated heterocycles. The van der Waals surface area contributed by atoms with Gasteiger partial charge in [-0.3, -0.25) is 4.72 Å². The lowest BCUT2D eigenvalue weighted by atomic mass is 10.3. The Labute approximate surface area is 121 Å². The number of anilines is 1. The first kappa shape index (κ1) is 14.4. The van der Waals surface area contributed by atoms with Crippen molar-refractivity contribution in [2.75, 3.05) is 11.3 Å². The monoisotopic (exact) mass is 308 g/mol. The molecule has 2 aromatic rings. The third-order valence-electron chi connectivity index (χ3n) is 2.40. The van der Waals surface area contributed by atoms with Gasteiger partial charge in [0.2, 0.25) is 0 Å².